The molecule has 1 aromatic carbocycles. The van der Waals surface area contributed by atoms with Crippen molar-refractivity contribution in [1.82, 2.24) is 15.5 Å². The van der Waals surface area contributed by atoms with E-state index in [9.17, 15) is 4.79 Å². The zero-order valence-corrected chi connectivity index (χ0v) is 10.9. The first kappa shape index (κ1) is 13.1. The predicted molar refractivity (Wildman–Crippen MR) is 72.4 cm³/mol. The second kappa shape index (κ2) is 6.52. The maximum absolute atomic E-state index is 12.0. The fourth-order valence-corrected chi connectivity index (χ4v) is 2.19. The minimum absolute atomic E-state index is 0.0328. The number of piperazine rings is 1. The Hall–Kier alpha value is -1.39. The van der Waals surface area contributed by atoms with Gasteiger partial charge in [0, 0.05) is 26.2 Å². The average Bonchev–Trinajstić information content (AvgIpc) is 2.40. The summed E-state index contributed by atoms with van der Waals surface area (Å²) in [6, 6.07) is 10.2. The zero-order valence-electron chi connectivity index (χ0n) is 10.9. The average molecular weight is 247 g/mol. The van der Waals surface area contributed by atoms with Crippen molar-refractivity contribution in [2.75, 3.05) is 33.2 Å². The summed E-state index contributed by atoms with van der Waals surface area (Å²) in [6.07, 6.45) is 0.885. The summed E-state index contributed by atoms with van der Waals surface area (Å²) in [4.78, 5) is 14.1. The van der Waals surface area contributed by atoms with Crippen molar-refractivity contribution in [2.24, 2.45) is 0 Å². The molecule has 1 aromatic rings. The summed E-state index contributed by atoms with van der Waals surface area (Å²) < 4.78 is 0. The Morgan fingerprint density at radius 2 is 2.22 bits per heavy atom. The van der Waals surface area contributed by atoms with Gasteiger partial charge in [-0.2, -0.15) is 0 Å². The minimum Gasteiger partial charge on any atom is -0.354 e. The van der Waals surface area contributed by atoms with Crippen LogP contribution in [0.25, 0.3) is 0 Å². The molecule has 0 aliphatic carbocycles. The van der Waals surface area contributed by atoms with Gasteiger partial charge in [-0.25, -0.2) is 0 Å². The van der Waals surface area contributed by atoms with Crippen LogP contribution in [-0.2, 0) is 11.2 Å². The second-order valence-electron chi connectivity index (χ2n) is 4.73. The van der Waals surface area contributed by atoms with Gasteiger partial charge in [0.15, 0.2) is 0 Å². The molecule has 0 saturated carbocycles. The fourth-order valence-electron chi connectivity index (χ4n) is 2.19. The van der Waals surface area contributed by atoms with E-state index in [0.717, 1.165) is 26.1 Å². The quantitative estimate of drug-likeness (QED) is 0.801. The number of benzene rings is 1. The number of amides is 1. The van der Waals surface area contributed by atoms with Crippen LogP contribution < -0.4 is 10.6 Å². The molecule has 4 heteroatoms. The molecule has 98 valence electrons. The molecule has 1 fully saturated rings. The first-order chi connectivity index (χ1) is 8.77. The molecule has 0 bridgehead atoms. The number of likely N-dealkylation sites (N-methyl/N-ethyl adjacent to an activating group) is 1. The van der Waals surface area contributed by atoms with Gasteiger partial charge >= 0.3 is 0 Å². The first-order valence-electron chi connectivity index (χ1n) is 6.50. The van der Waals surface area contributed by atoms with E-state index >= 15 is 0 Å². The standard InChI is InChI=1S/C14H21N3O/c1-17-10-9-15-11-13(17)14(18)16-8-7-12-5-3-2-4-6-12/h2-6,13,15H,7-11H2,1H3,(H,16,18). The highest BCUT2D eigenvalue weighted by molar-refractivity contribution is 5.82. The van der Waals surface area contributed by atoms with Crippen molar-refractivity contribution in [1.29, 1.82) is 0 Å². The third kappa shape index (κ3) is 3.55. The molecule has 1 aliphatic rings. The van der Waals surface area contributed by atoms with Gasteiger partial charge in [-0.15, -0.1) is 0 Å². The molecule has 1 aliphatic heterocycles. The normalized spacial score (nSPS) is 20.6. The van der Waals surface area contributed by atoms with E-state index in [4.69, 9.17) is 0 Å². The zero-order chi connectivity index (χ0) is 12.8. The van der Waals surface area contributed by atoms with Crippen LogP contribution in [0.2, 0.25) is 0 Å². The monoisotopic (exact) mass is 247 g/mol. The predicted octanol–water partition coefficient (Wildman–Crippen LogP) is 0.249. The number of rotatable bonds is 4. The molecule has 2 rings (SSSR count). The van der Waals surface area contributed by atoms with Gasteiger partial charge in [-0.05, 0) is 19.0 Å². The second-order valence-corrected chi connectivity index (χ2v) is 4.73. The lowest BCUT2D eigenvalue weighted by atomic mass is 10.1. The number of hydrogen-bond acceptors (Lipinski definition) is 3. The van der Waals surface area contributed by atoms with E-state index in [0.29, 0.717) is 6.54 Å². The lowest BCUT2D eigenvalue weighted by molar-refractivity contribution is -0.126. The molecule has 4 nitrogen and oxygen atoms in total. The lowest BCUT2D eigenvalue weighted by Crippen LogP contribution is -2.56. The van der Waals surface area contributed by atoms with Gasteiger partial charge < -0.3 is 10.6 Å². The molecule has 1 atom stereocenters. The topological polar surface area (TPSA) is 44.4 Å². The van der Waals surface area contributed by atoms with E-state index in [2.05, 4.69) is 27.7 Å². The van der Waals surface area contributed by atoms with Crippen LogP contribution in [0.15, 0.2) is 30.3 Å². The molecular weight excluding hydrogens is 226 g/mol. The van der Waals surface area contributed by atoms with Gasteiger partial charge in [0.05, 0.1) is 0 Å². The molecule has 1 unspecified atom stereocenters. The van der Waals surface area contributed by atoms with Crippen LogP contribution in [0.4, 0.5) is 0 Å². The Bertz CT molecular complexity index is 380. The van der Waals surface area contributed by atoms with E-state index in [1.807, 2.05) is 25.2 Å². The Morgan fingerprint density at radius 1 is 1.44 bits per heavy atom. The number of nitrogens with zero attached hydrogens (tertiary/aromatic N) is 1. The van der Waals surface area contributed by atoms with Crippen LogP contribution in [0.1, 0.15) is 5.56 Å². The van der Waals surface area contributed by atoms with Crippen molar-refractivity contribution in [2.45, 2.75) is 12.5 Å². The summed E-state index contributed by atoms with van der Waals surface area (Å²) >= 11 is 0. The molecule has 2 N–H and O–H groups in total. The van der Waals surface area contributed by atoms with Crippen molar-refractivity contribution in [3.05, 3.63) is 35.9 Å². The fraction of sp³-hybridized carbons (Fsp3) is 0.500. The maximum Gasteiger partial charge on any atom is 0.238 e. The number of hydrogen-bond donors (Lipinski definition) is 2. The van der Waals surface area contributed by atoms with Crippen molar-refractivity contribution >= 4 is 5.91 Å². The van der Waals surface area contributed by atoms with Gasteiger partial charge in [0.25, 0.3) is 0 Å². The highest BCUT2D eigenvalue weighted by atomic mass is 16.2. The maximum atomic E-state index is 12.0. The molecule has 0 aromatic heterocycles. The number of carbonyl (C=O) groups excluding carboxylic acids is 1. The van der Waals surface area contributed by atoms with E-state index in [1.165, 1.54) is 5.56 Å². The van der Waals surface area contributed by atoms with Gasteiger partial charge in [-0.1, -0.05) is 30.3 Å². The van der Waals surface area contributed by atoms with E-state index < -0.39 is 0 Å². The molecule has 0 radical (unpaired) electrons. The molecular formula is C14H21N3O. The van der Waals surface area contributed by atoms with Crippen LogP contribution in [0.3, 0.4) is 0 Å². The first-order valence-corrected chi connectivity index (χ1v) is 6.50. The van der Waals surface area contributed by atoms with Gasteiger partial charge in [0.2, 0.25) is 5.91 Å². The highest BCUT2D eigenvalue weighted by Gasteiger charge is 2.24. The third-order valence-corrected chi connectivity index (χ3v) is 3.37. The largest absolute Gasteiger partial charge is 0.354 e. The van der Waals surface area contributed by atoms with Crippen LogP contribution >= 0.6 is 0 Å². The molecule has 1 heterocycles. The summed E-state index contributed by atoms with van der Waals surface area (Å²) in [5.41, 5.74) is 1.26. The molecule has 0 spiro atoms. The van der Waals surface area contributed by atoms with Crippen molar-refractivity contribution in [3.8, 4) is 0 Å². The third-order valence-electron chi connectivity index (χ3n) is 3.37. The molecule has 18 heavy (non-hydrogen) atoms. The molecule has 1 saturated heterocycles. The number of carbonyl (C=O) groups is 1. The summed E-state index contributed by atoms with van der Waals surface area (Å²) in [5, 5.41) is 6.26. The number of nitrogens with one attached hydrogen (secondary N) is 2. The van der Waals surface area contributed by atoms with Gasteiger partial charge in [-0.3, -0.25) is 9.69 Å². The van der Waals surface area contributed by atoms with E-state index in [1.54, 1.807) is 0 Å². The lowest BCUT2D eigenvalue weighted by Gasteiger charge is -2.31. The van der Waals surface area contributed by atoms with Crippen LogP contribution in [0.5, 0.6) is 0 Å². The SMILES string of the molecule is CN1CCNCC1C(=O)NCCc1ccccc1. The van der Waals surface area contributed by atoms with Crippen LogP contribution in [-0.4, -0.2) is 50.1 Å². The van der Waals surface area contributed by atoms with Crippen molar-refractivity contribution < 1.29 is 4.79 Å². The smallest absolute Gasteiger partial charge is 0.238 e. The van der Waals surface area contributed by atoms with Gasteiger partial charge in [0.1, 0.15) is 6.04 Å². The summed E-state index contributed by atoms with van der Waals surface area (Å²) in [5.74, 6) is 0.126. The Balaban J connectivity index is 1.74. The Morgan fingerprint density at radius 3 is 2.94 bits per heavy atom. The summed E-state index contributed by atoms with van der Waals surface area (Å²) in [6.45, 7) is 3.34. The van der Waals surface area contributed by atoms with E-state index in [-0.39, 0.29) is 11.9 Å². The Kier molecular flexibility index (Phi) is 4.73. The highest BCUT2D eigenvalue weighted by Crippen LogP contribution is 2.01. The Labute approximate surface area is 108 Å². The van der Waals surface area contributed by atoms with Crippen molar-refractivity contribution in [3.63, 3.8) is 0 Å². The minimum atomic E-state index is -0.0328. The van der Waals surface area contributed by atoms with Crippen LogP contribution in [0, 0.1) is 0 Å². The molecule has 1 amide bonds. The summed E-state index contributed by atoms with van der Waals surface area (Å²) in [7, 11) is 2.00.